The van der Waals surface area contributed by atoms with Crippen molar-refractivity contribution in [3.63, 3.8) is 0 Å². The Labute approximate surface area is 139 Å². The number of hydrogen-bond donors (Lipinski definition) is 0. The number of benzene rings is 2. The Morgan fingerprint density at radius 2 is 1.67 bits per heavy atom. The van der Waals surface area contributed by atoms with Gasteiger partial charge in [0.05, 0.1) is 19.8 Å². The predicted octanol–water partition coefficient (Wildman–Crippen LogP) is 3.09. The molecule has 2 aromatic rings. The largest absolute Gasteiger partial charge is 0.497 e. The molecule has 0 amide bonds. The van der Waals surface area contributed by atoms with E-state index in [0.717, 1.165) is 0 Å². The summed E-state index contributed by atoms with van der Waals surface area (Å²) in [6.45, 7) is 0.0171. The van der Waals surface area contributed by atoms with E-state index >= 15 is 0 Å². The lowest BCUT2D eigenvalue weighted by molar-refractivity contribution is 0.0971. The van der Waals surface area contributed by atoms with Crippen molar-refractivity contribution < 1.29 is 23.8 Å². The summed E-state index contributed by atoms with van der Waals surface area (Å²) in [5, 5.41) is 0. The van der Waals surface area contributed by atoms with Crippen molar-refractivity contribution in [2.75, 3.05) is 20.8 Å². The zero-order valence-corrected chi connectivity index (χ0v) is 13.4. The number of ether oxygens (including phenoxy) is 3. The van der Waals surface area contributed by atoms with Gasteiger partial charge in [-0.1, -0.05) is 18.2 Å². The second-order valence-corrected chi connectivity index (χ2v) is 5.22. The fraction of sp³-hybridized carbons (Fsp3) is 0.158. The average Bonchev–Trinajstić information content (AvgIpc) is 2.63. The Morgan fingerprint density at radius 3 is 2.33 bits per heavy atom. The van der Waals surface area contributed by atoms with E-state index in [1.165, 1.54) is 20.3 Å². The molecular formula is C19H16O5. The molecule has 0 heterocycles. The number of methoxy groups -OCH3 is 2. The fourth-order valence-electron chi connectivity index (χ4n) is 2.54. The predicted molar refractivity (Wildman–Crippen MR) is 88.2 cm³/mol. The van der Waals surface area contributed by atoms with Crippen LogP contribution in [0.3, 0.4) is 0 Å². The molecule has 1 aliphatic carbocycles. The number of carbonyl (C=O) groups is 2. The molecule has 0 N–H and O–H groups in total. The molecule has 24 heavy (non-hydrogen) atoms. The van der Waals surface area contributed by atoms with E-state index in [-0.39, 0.29) is 29.3 Å². The van der Waals surface area contributed by atoms with Gasteiger partial charge in [-0.15, -0.1) is 0 Å². The first-order valence-electron chi connectivity index (χ1n) is 7.37. The van der Waals surface area contributed by atoms with E-state index in [1.54, 1.807) is 24.3 Å². The summed E-state index contributed by atoms with van der Waals surface area (Å²) in [6.07, 6.45) is 1.31. The van der Waals surface area contributed by atoms with Crippen LogP contribution in [0, 0.1) is 0 Å². The molecule has 0 spiro atoms. The van der Waals surface area contributed by atoms with E-state index in [9.17, 15) is 9.59 Å². The number of rotatable bonds is 5. The van der Waals surface area contributed by atoms with Crippen molar-refractivity contribution in [3.05, 3.63) is 65.2 Å². The number of allylic oxidation sites excluding steroid dienone is 1. The highest BCUT2D eigenvalue weighted by atomic mass is 16.5. The Hall–Kier alpha value is -3.08. The quantitative estimate of drug-likeness (QED) is 0.846. The molecule has 122 valence electrons. The van der Waals surface area contributed by atoms with E-state index in [0.29, 0.717) is 22.8 Å². The highest BCUT2D eigenvalue weighted by Gasteiger charge is 2.30. The van der Waals surface area contributed by atoms with Gasteiger partial charge in [0.15, 0.2) is 11.6 Å². The first kappa shape index (κ1) is 15.8. The fourth-order valence-corrected chi connectivity index (χ4v) is 2.54. The van der Waals surface area contributed by atoms with Gasteiger partial charge in [-0.05, 0) is 24.3 Å². The minimum atomic E-state index is -0.278. The standard InChI is InChI=1S/C19H16O5/c1-22-14-9-15-16(20)8-12(11-24-13-6-4-3-5-7-13)19(21)18(15)17(10-14)23-2/h3-10H,11H2,1-2H3. The van der Waals surface area contributed by atoms with E-state index in [4.69, 9.17) is 14.2 Å². The number of fused-ring (bicyclic) bond motifs is 1. The monoisotopic (exact) mass is 324 g/mol. The van der Waals surface area contributed by atoms with Crippen LogP contribution in [0.1, 0.15) is 20.7 Å². The third-order valence-electron chi connectivity index (χ3n) is 3.76. The molecule has 0 saturated heterocycles. The van der Waals surface area contributed by atoms with E-state index in [1.807, 2.05) is 18.2 Å². The summed E-state index contributed by atoms with van der Waals surface area (Å²) >= 11 is 0. The van der Waals surface area contributed by atoms with Gasteiger partial charge in [0, 0.05) is 17.2 Å². The van der Waals surface area contributed by atoms with Crippen LogP contribution >= 0.6 is 0 Å². The van der Waals surface area contributed by atoms with Crippen molar-refractivity contribution in [2.45, 2.75) is 0 Å². The summed E-state index contributed by atoms with van der Waals surface area (Å²) < 4.78 is 16.0. The van der Waals surface area contributed by atoms with E-state index in [2.05, 4.69) is 0 Å². The topological polar surface area (TPSA) is 61.8 Å². The molecule has 0 fully saturated rings. The van der Waals surface area contributed by atoms with Crippen LogP contribution in [0.2, 0.25) is 0 Å². The molecule has 0 atom stereocenters. The lowest BCUT2D eigenvalue weighted by atomic mass is 9.89. The Kier molecular flexibility index (Phi) is 4.33. The van der Waals surface area contributed by atoms with Crippen LogP contribution in [-0.2, 0) is 0 Å². The zero-order chi connectivity index (χ0) is 17.1. The van der Waals surface area contributed by atoms with E-state index < -0.39 is 0 Å². The van der Waals surface area contributed by atoms with Gasteiger partial charge in [0.2, 0.25) is 0 Å². The molecule has 0 aliphatic heterocycles. The van der Waals surface area contributed by atoms with Gasteiger partial charge in [0.25, 0.3) is 0 Å². The SMILES string of the molecule is COc1cc(OC)c2c(c1)C(=O)C=C(COc1ccccc1)C2=O. The molecular weight excluding hydrogens is 308 g/mol. The Morgan fingerprint density at radius 1 is 0.917 bits per heavy atom. The highest BCUT2D eigenvalue weighted by molar-refractivity contribution is 6.26. The second-order valence-electron chi connectivity index (χ2n) is 5.22. The van der Waals surface area contributed by atoms with Crippen molar-refractivity contribution >= 4 is 11.6 Å². The molecule has 5 heteroatoms. The molecule has 0 saturated carbocycles. The number of hydrogen-bond acceptors (Lipinski definition) is 5. The smallest absolute Gasteiger partial charge is 0.197 e. The number of carbonyl (C=O) groups excluding carboxylic acids is 2. The Balaban J connectivity index is 1.92. The van der Waals surface area contributed by atoms with Gasteiger partial charge in [-0.25, -0.2) is 0 Å². The van der Waals surface area contributed by atoms with Gasteiger partial charge in [-0.3, -0.25) is 9.59 Å². The number of Topliss-reactive ketones (excluding diaryl/α,β-unsaturated/α-hetero) is 1. The molecule has 5 nitrogen and oxygen atoms in total. The number of ketones is 2. The zero-order valence-electron chi connectivity index (χ0n) is 13.4. The first-order chi connectivity index (χ1) is 11.6. The summed E-state index contributed by atoms with van der Waals surface area (Å²) in [5.74, 6) is 0.858. The van der Waals surface area contributed by atoms with Gasteiger partial charge < -0.3 is 14.2 Å². The Bertz CT molecular complexity index is 821. The van der Waals surface area contributed by atoms with Crippen molar-refractivity contribution in [2.24, 2.45) is 0 Å². The summed E-state index contributed by atoms with van der Waals surface area (Å²) in [4.78, 5) is 25.1. The van der Waals surface area contributed by atoms with Crippen LogP contribution in [0.15, 0.2) is 54.1 Å². The minimum Gasteiger partial charge on any atom is -0.497 e. The minimum absolute atomic E-state index is 0.0171. The average molecular weight is 324 g/mol. The molecule has 3 rings (SSSR count). The number of para-hydroxylation sites is 1. The van der Waals surface area contributed by atoms with Crippen molar-refractivity contribution in [3.8, 4) is 17.2 Å². The molecule has 1 aliphatic rings. The van der Waals surface area contributed by atoms with Crippen molar-refractivity contribution in [1.29, 1.82) is 0 Å². The second kappa shape index (κ2) is 6.58. The van der Waals surface area contributed by atoms with Gasteiger partial charge >= 0.3 is 0 Å². The summed E-state index contributed by atoms with van der Waals surface area (Å²) in [7, 11) is 2.94. The van der Waals surface area contributed by atoms with Gasteiger partial charge in [-0.2, -0.15) is 0 Å². The lowest BCUT2D eigenvalue weighted by Crippen LogP contribution is -2.22. The maximum absolute atomic E-state index is 12.7. The van der Waals surface area contributed by atoms with Crippen LogP contribution in [0.4, 0.5) is 0 Å². The van der Waals surface area contributed by atoms with Gasteiger partial charge in [0.1, 0.15) is 23.9 Å². The first-order valence-corrected chi connectivity index (χ1v) is 7.37. The molecule has 2 aromatic carbocycles. The molecule has 0 aromatic heterocycles. The maximum atomic E-state index is 12.7. The van der Waals surface area contributed by atoms with Crippen LogP contribution in [-0.4, -0.2) is 32.4 Å². The van der Waals surface area contributed by atoms with Crippen LogP contribution < -0.4 is 14.2 Å². The van der Waals surface area contributed by atoms with Crippen molar-refractivity contribution in [1.82, 2.24) is 0 Å². The molecule has 0 bridgehead atoms. The summed E-state index contributed by atoms with van der Waals surface area (Å²) in [5.41, 5.74) is 0.817. The molecule has 0 radical (unpaired) electrons. The summed E-state index contributed by atoms with van der Waals surface area (Å²) in [6, 6.07) is 12.2. The third kappa shape index (κ3) is 2.88. The maximum Gasteiger partial charge on any atom is 0.197 e. The lowest BCUT2D eigenvalue weighted by Gasteiger charge is -2.19. The van der Waals surface area contributed by atoms with Crippen LogP contribution in [0.25, 0.3) is 0 Å². The third-order valence-corrected chi connectivity index (χ3v) is 3.76. The molecule has 0 unspecified atom stereocenters. The highest BCUT2D eigenvalue weighted by Crippen LogP contribution is 2.34. The normalized spacial score (nSPS) is 13.2. The van der Waals surface area contributed by atoms with Crippen LogP contribution in [0.5, 0.6) is 17.2 Å².